The van der Waals surface area contributed by atoms with Crippen molar-refractivity contribution >= 4 is 45.2 Å². The first kappa shape index (κ1) is 22.2. The molecule has 0 aliphatic carbocycles. The van der Waals surface area contributed by atoms with E-state index in [4.69, 9.17) is 17.3 Å². The number of piperidine rings is 1. The summed E-state index contributed by atoms with van der Waals surface area (Å²) in [5, 5.41) is 6.62. The van der Waals surface area contributed by atoms with Crippen LogP contribution in [-0.4, -0.2) is 44.2 Å². The number of nitrogens with zero attached hydrogens (tertiary/aromatic N) is 4. The van der Waals surface area contributed by atoms with Crippen LogP contribution in [0.2, 0.25) is 5.02 Å². The van der Waals surface area contributed by atoms with Gasteiger partial charge in [0.2, 0.25) is 11.8 Å². The van der Waals surface area contributed by atoms with Crippen molar-refractivity contribution in [2.45, 2.75) is 25.9 Å². The van der Waals surface area contributed by atoms with Crippen molar-refractivity contribution in [1.82, 2.24) is 19.2 Å². The zero-order valence-corrected chi connectivity index (χ0v) is 19.2. The molecule has 3 heterocycles. The fraction of sp³-hybridized carbons (Fsp3) is 0.280. The number of primary amides is 1. The van der Waals surface area contributed by atoms with Crippen molar-refractivity contribution in [2.24, 2.45) is 11.7 Å². The summed E-state index contributed by atoms with van der Waals surface area (Å²) in [7, 11) is 0. The minimum absolute atomic E-state index is 0.158. The molecule has 8 nitrogen and oxygen atoms in total. The SMILES string of the molecule is NC(=O)C1CCN(C(=O)Cn2ncc3c4ccccc4n(Cc4cccc(Cl)c4)c3c2=O)CC1. The van der Waals surface area contributed by atoms with Crippen LogP contribution in [0.5, 0.6) is 0 Å². The maximum absolute atomic E-state index is 13.6. The quantitative estimate of drug-likeness (QED) is 0.477. The molecule has 4 aromatic rings. The predicted molar refractivity (Wildman–Crippen MR) is 131 cm³/mol. The smallest absolute Gasteiger partial charge is 0.291 e. The van der Waals surface area contributed by atoms with E-state index in [1.165, 1.54) is 4.68 Å². The number of nitrogens with two attached hydrogens (primary N) is 1. The van der Waals surface area contributed by atoms with Gasteiger partial charge in [0.05, 0.1) is 6.20 Å². The van der Waals surface area contributed by atoms with Gasteiger partial charge in [0.25, 0.3) is 5.56 Å². The third kappa shape index (κ3) is 4.05. The number of amides is 2. The molecule has 1 aliphatic rings. The van der Waals surface area contributed by atoms with Gasteiger partial charge >= 0.3 is 0 Å². The zero-order chi connectivity index (χ0) is 23.8. The number of carbonyl (C=O) groups is 2. The van der Waals surface area contributed by atoms with Crippen LogP contribution < -0.4 is 11.3 Å². The molecule has 2 amide bonds. The highest BCUT2D eigenvalue weighted by atomic mass is 35.5. The van der Waals surface area contributed by atoms with Crippen molar-refractivity contribution in [2.75, 3.05) is 13.1 Å². The Morgan fingerprint density at radius 2 is 1.82 bits per heavy atom. The van der Waals surface area contributed by atoms with E-state index < -0.39 is 0 Å². The molecule has 0 spiro atoms. The second-order valence-corrected chi connectivity index (χ2v) is 9.10. The van der Waals surface area contributed by atoms with E-state index in [9.17, 15) is 14.4 Å². The Balaban J connectivity index is 1.51. The highest BCUT2D eigenvalue weighted by molar-refractivity contribution is 6.30. The Bertz CT molecular complexity index is 1470. The third-order valence-electron chi connectivity index (χ3n) is 6.54. The van der Waals surface area contributed by atoms with E-state index in [-0.39, 0.29) is 29.8 Å². The van der Waals surface area contributed by atoms with Crippen molar-refractivity contribution in [3.63, 3.8) is 0 Å². The Labute approximate surface area is 200 Å². The lowest BCUT2D eigenvalue weighted by atomic mass is 9.96. The van der Waals surface area contributed by atoms with Gasteiger partial charge in [-0.3, -0.25) is 14.4 Å². The maximum Gasteiger partial charge on any atom is 0.291 e. The van der Waals surface area contributed by atoms with Crippen LogP contribution in [0.1, 0.15) is 18.4 Å². The molecule has 174 valence electrons. The number of benzene rings is 2. The van der Waals surface area contributed by atoms with Gasteiger partial charge in [0.15, 0.2) is 0 Å². The number of aromatic nitrogens is 3. The molecule has 1 fully saturated rings. The molecule has 2 aromatic carbocycles. The van der Waals surface area contributed by atoms with Gasteiger partial charge in [-0.25, -0.2) is 4.68 Å². The van der Waals surface area contributed by atoms with Gasteiger partial charge < -0.3 is 15.2 Å². The molecule has 0 radical (unpaired) electrons. The number of carbonyl (C=O) groups excluding carboxylic acids is 2. The Morgan fingerprint density at radius 3 is 2.56 bits per heavy atom. The largest absolute Gasteiger partial charge is 0.369 e. The number of fused-ring (bicyclic) bond motifs is 3. The summed E-state index contributed by atoms with van der Waals surface area (Å²) in [6.07, 6.45) is 2.73. The molecule has 2 aromatic heterocycles. The lowest BCUT2D eigenvalue weighted by Gasteiger charge is -2.30. The van der Waals surface area contributed by atoms with E-state index in [1.807, 2.05) is 53.1 Å². The fourth-order valence-corrected chi connectivity index (χ4v) is 4.94. The van der Waals surface area contributed by atoms with Crippen LogP contribution >= 0.6 is 11.6 Å². The van der Waals surface area contributed by atoms with Crippen molar-refractivity contribution < 1.29 is 9.59 Å². The normalized spacial score (nSPS) is 14.7. The van der Waals surface area contributed by atoms with Crippen molar-refractivity contribution in [1.29, 1.82) is 0 Å². The van der Waals surface area contributed by atoms with Gasteiger partial charge in [-0.05, 0) is 36.6 Å². The number of hydrogen-bond acceptors (Lipinski definition) is 4. The van der Waals surface area contributed by atoms with E-state index >= 15 is 0 Å². The number of likely N-dealkylation sites (tertiary alicyclic amines) is 1. The molecule has 0 bridgehead atoms. The lowest BCUT2D eigenvalue weighted by molar-refractivity contribution is -0.135. The standard InChI is InChI=1S/C25H24ClN5O3/c26-18-5-3-4-16(12-18)14-30-21-7-2-1-6-19(21)20-13-28-31(25(34)23(20)30)15-22(32)29-10-8-17(9-11-29)24(27)33/h1-7,12-13,17H,8-11,14-15H2,(H2,27,33). The van der Waals surface area contributed by atoms with Crippen molar-refractivity contribution in [3.05, 3.63) is 75.7 Å². The monoisotopic (exact) mass is 477 g/mol. The fourth-order valence-electron chi connectivity index (χ4n) is 4.73. The molecule has 0 saturated carbocycles. The first-order chi connectivity index (χ1) is 16.4. The molecular weight excluding hydrogens is 454 g/mol. The molecule has 2 N–H and O–H groups in total. The zero-order valence-electron chi connectivity index (χ0n) is 18.5. The van der Waals surface area contributed by atoms with Gasteiger partial charge in [0, 0.05) is 46.9 Å². The molecule has 34 heavy (non-hydrogen) atoms. The molecule has 0 atom stereocenters. The first-order valence-electron chi connectivity index (χ1n) is 11.2. The average molecular weight is 478 g/mol. The highest BCUT2D eigenvalue weighted by Crippen LogP contribution is 2.27. The predicted octanol–water partition coefficient (Wildman–Crippen LogP) is 2.78. The molecular formula is C25H24ClN5O3. The average Bonchev–Trinajstić information content (AvgIpc) is 3.15. The molecule has 1 aliphatic heterocycles. The van der Waals surface area contributed by atoms with Crippen LogP contribution in [0, 0.1) is 5.92 Å². The summed E-state index contributed by atoms with van der Waals surface area (Å²) in [5.41, 5.74) is 7.44. The molecule has 9 heteroatoms. The number of hydrogen-bond donors (Lipinski definition) is 1. The lowest BCUT2D eigenvalue weighted by Crippen LogP contribution is -2.44. The van der Waals surface area contributed by atoms with Crippen LogP contribution in [0.15, 0.2) is 59.5 Å². The minimum atomic E-state index is -0.331. The summed E-state index contributed by atoms with van der Waals surface area (Å²) in [6, 6.07) is 15.3. The number of para-hydroxylation sites is 1. The number of rotatable bonds is 5. The van der Waals surface area contributed by atoms with E-state index in [1.54, 1.807) is 11.1 Å². The molecule has 5 rings (SSSR count). The first-order valence-corrected chi connectivity index (χ1v) is 11.6. The highest BCUT2D eigenvalue weighted by Gasteiger charge is 2.26. The summed E-state index contributed by atoms with van der Waals surface area (Å²) in [4.78, 5) is 39.5. The Morgan fingerprint density at radius 1 is 1.06 bits per heavy atom. The van der Waals surface area contributed by atoms with E-state index in [2.05, 4.69) is 5.10 Å². The Hall–Kier alpha value is -3.65. The van der Waals surface area contributed by atoms with Crippen LogP contribution in [-0.2, 0) is 22.7 Å². The summed E-state index contributed by atoms with van der Waals surface area (Å²) >= 11 is 6.18. The van der Waals surface area contributed by atoms with E-state index in [0.717, 1.165) is 21.9 Å². The summed E-state index contributed by atoms with van der Waals surface area (Å²) in [6.45, 7) is 1.18. The summed E-state index contributed by atoms with van der Waals surface area (Å²) < 4.78 is 3.18. The topological polar surface area (TPSA) is 103 Å². The van der Waals surface area contributed by atoms with Gasteiger partial charge in [-0.1, -0.05) is 41.9 Å². The van der Waals surface area contributed by atoms with Crippen LogP contribution in [0.25, 0.3) is 21.8 Å². The molecule has 0 unspecified atom stereocenters. The van der Waals surface area contributed by atoms with Crippen LogP contribution in [0.3, 0.4) is 0 Å². The number of halogens is 1. The van der Waals surface area contributed by atoms with Crippen LogP contribution in [0.4, 0.5) is 0 Å². The van der Waals surface area contributed by atoms with E-state index in [0.29, 0.717) is 43.0 Å². The maximum atomic E-state index is 13.6. The third-order valence-corrected chi connectivity index (χ3v) is 6.77. The molecule has 1 saturated heterocycles. The minimum Gasteiger partial charge on any atom is -0.369 e. The van der Waals surface area contributed by atoms with Crippen molar-refractivity contribution in [3.8, 4) is 0 Å². The summed E-state index contributed by atoms with van der Waals surface area (Å²) in [5.74, 6) is -0.735. The Kier molecular flexibility index (Phi) is 5.83. The van der Waals surface area contributed by atoms with Gasteiger partial charge in [-0.15, -0.1) is 0 Å². The second-order valence-electron chi connectivity index (χ2n) is 8.66. The van der Waals surface area contributed by atoms with Gasteiger partial charge in [0.1, 0.15) is 12.1 Å². The van der Waals surface area contributed by atoms with Gasteiger partial charge in [-0.2, -0.15) is 5.10 Å². The second kappa shape index (κ2) is 8.95.